The molecule has 0 fully saturated rings. The molecule has 5 nitrogen and oxygen atoms in total. The van der Waals surface area contributed by atoms with Gasteiger partial charge < -0.3 is 16.0 Å². The highest BCUT2D eigenvalue weighted by molar-refractivity contribution is 6.44. The summed E-state index contributed by atoms with van der Waals surface area (Å²) in [7, 11) is 0. The minimum absolute atomic E-state index is 0.0156. The molecule has 0 saturated heterocycles. The minimum Gasteiger partial charge on any atom is -0.376 e. The van der Waals surface area contributed by atoms with Gasteiger partial charge >= 0.3 is 0 Å². The Bertz CT molecular complexity index is 797. The Morgan fingerprint density at radius 2 is 1.56 bits per heavy atom. The summed E-state index contributed by atoms with van der Waals surface area (Å²) < 4.78 is 0. The summed E-state index contributed by atoms with van der Waals surface area (Å²) in [6.07, 6.45) is 0.393. The summed E-state index contributed by atoms with van der Waals surface area (Å²) in [5, 5.41) is 9.30. The first-order valence-electron chi connectivity index (χ1n) is 7.47. The monoisotopic (exact) mass is 399 g/mol. The number of anilines is 3. The van der Waals surface area contributed by atoms with Gasteiger partial charge in [-0.25, -0.2) is 0 Å². The first-order chi connectivity index (χ1) is 11.9. The maximum atomic E-state index is 12.1. The predicted molar refractivity (Wildman–Crippen MR) is 104 cm³/mol. The van der Waals surface area contributed by atoms with Crippen LogP contribution < -0.4 is 16.0 Å². The van der Waals surface area contributed by atoms with E-state index >= 15 is 0 Å². The molecule has 2 aromatic rings. The van der Waals surface area contributed by atoms with Crippen molar-refractivity contribution in [1.29, 1.82) is 0 Å². The van der Waals surface area contributed by atoms with E-state index < -0.39 is 0 Å². The molecule has 2 rings (SSSR count). The third kappa shape index (κ3) is 5.81. The molecule has 0 aliphatic carbocycles. The fraction of sp³-hybridized carbons (Fsp3) is 0.176. The van der Waals surface area contributed by atoms with Crippen LogP contribution in [0, 0.1) is 0 Å². The van der Waals surface area contributed by atoms with Crippen LogP contribution >= 0.6 is 34.8 Å². The Morgan fingerprint density at radius 3 is 2.28 bits per heavy atom. The number of nitrogens with one attached hydrogen (secondary N) is 3. The van der Waals surface area contributed by atoms with Crippen LogP contribution in [0.1, 0.15) is 13.3 Å². The van der Waals surface area contributed by atoms with Gasteiger partial charge in [-0.05, 0) is 30.3 Å². The molecule has 0 spiro atoms. The van der Waals surface area contributed by atoms with Crippen molar-refractivity contribution < 1.29 is 9.59 Å². The number of carbonyl (C=O) groups is 2. The Kier molecular flexibility index (Phi) is 6.93. The second-order valence-corrected chi connectivity index (χ2v) is 6.35. The third-order valence-electron chi connectivity index (χ3n) is 3.20. The maximum Gasteiger partial charge on any atom is 0.243 e. The van der Waals surface area contributed by atoms with Crippen LogP contribution in [0.4, 0.5) is 17.1 Å². The Labute approximate surface area is 160 Å². The molecule has 0 aliphatic rings. The van der Waals surface area contributed by atoms with Gasteiger partial charge in [-0.2, -0.15) is 0 Å². The molecule has 0 radical (unpaired) electrons. The molecule has 0 heterocycles. The van der Waals surface area contributed by atoms with Gasteiger partial charge in [0.25, 0.3) is 0 Å². The molecule has 2 amide bonds. The van der Waals surface area contributed by atoms with Gasteiger partial charge in [0.05, 0.1) is 27.3 Å². The normalized spacial score (nSPS) is 10.2. The topological polar surface area (TPSA) is 70.2 Å². The average Bonchev–Trinajstić information content (AvgIpc) is 2.58. The van der Waals surface area contributed by atoms with Gasteiger partial charge in [-0.15, -0.1) is 0 Å². The van der Waals surface area contributed by atoms with E-state index in [4.69, 9.17) is 34.8 Å². The van der Waals surface area contributed by atoms with Crippen molar-refractivity contribution in [3.05, 3.63) is 51.5 Å². The van der Waals surface area contributed by atoms with Crippen LogP contribution in [-0.2, 0) is 9.59 Å². The van der Waals surface area contributed by atoms with Crippen molar-refractivity contribution >= 4 is 63.7 Å². The zero-order valence-corrected chi connectivity index (χ0v) is 15.6. The van der Waals surface area contributed by atoms with Crippen LogP contribution in [0.2, 0.25) is 15.1 Å². The Hall–Kier alpha value is -1.95. The highest BCUT2D eigenvalue weighted by atomic mass is 35.5. The van der Waals surface area contributed by atoms with Gasteiger partial charge in [0.2, 0.25) is 11.8 Å². The molecule has 3 N–H and O–H groups in total. The second kappa shape index (κ2) is 8.94. The fourth-order valence-corrected chi connectivity index (χ4v) is 2.55. The van der Waals surface area contributed by atoms with E-state index in [1.807, 2.05) is 0 Å². The number of hydrogen-bond acceptors (Lipinski definition) is 3. The zero-order valence-electron chi connectivity index (χ0n) is 13.3. The zero-order chi connectivity index (χ0) is 18.4. The lowest BCUT2D eigenvalue weighted by Crippen LogP contribution is -2.22. The highest BCUT2D eigenvalue weighted by Gasteiger charge is 2.09. The van der Waals surface area contributed by atoms with Gasteiger partial charge in [0.1, 0.15) is 0 Å². The summed E-state index contributed by atoms with van der Waals surface area (Å²) in [6.45, 7) is 1.79. The molecule has 0 unspecified atom stereocenters. The quantitative estimate of drug-likeness (QED) is 0.595. The van der Waals surface area contributed by atoms with E-state index in [1.54, 1.807) is 31.2 Å². The molecule has 0 atom stereocenters. The van der Waals surface area contributed by atoms with Gasteiger partial charge in [-0.1, -0.05) is 47.8 Å². The van der Waals surface area contributed by atoms with Gasteiger partial charge in [-0.3, -0.25) is 9.59 Å². The molecular formula is C17H16Cl3N3O2. The molecule has 0 saturated carbocycles. The van der Waals surface area contributed by atoms with E-state index in [-0.39, 0.29) is 18.4 Å². The fourth-order valence-electron chi connectivity index (χ4n) is 1.95. The summed E-state index contributed by atoms with van der Waals surface area (Å²) in [6, 6.07) is 10.0. The van der Waals surface area contributed by atoms with Crippen molar-refractivity contribution in [3.8, 4) is 0 Å². The SMILES string of the molecule is CCC(=O)Nc1cccc(NCC(=O)Nc2cc(Cl)c(Cl)cc2Cl)c1. The molecule has 0 aliphatic heterocycles. The van der Waals surface area contributed by atoms with Crippen molar-refractivity contribution in [3.63, 3.8) is 0 Å². The van der Waals surface area contributed by atoms with Gasteiger partial charge in [0, 0.05) is 17.8 Å². The molecule has 0 bridgehead atoms. The Balaban J connectivity index is 1.95. The lowest BCUT2D eigenvalue weighted by Gasteiger charge is -2.11. The lowest BCUT2D eigenvalue weighted by molar-refractivity contribution is -0.116. The minimum atomic E-state index is -0.303. The van der Waals surface area contributed by atoms with Crippen molar-refractivity contribution in [2.75, 3.05) is 22.5 Å². The van der Waals surface area contributed by atoms with E-state index in [1.165, 1.54) is 12.1 Å². The number of rotatable bonds is 6. The number of benzene rings is 2. The number of halogens is 3. The number of carbonyl (C=O) groups excluding carboxylic acids is 2. The Morgan fingerprint density at radius 1 is 0.880 bits per heavy atom. The predicted octanol–water partition coefficient (Wildman–Crippen LogP) is 5.05. The van der Waals surface area contributed by atoms with Crippen molar-refractivity contribution in [2.24, 2.45) is 0 Å². The largest absolute Gasteiger partial charge is 0.376 e. The average molecular weight is 401 g/mol. The summed E-state index contributed by atoms with van der Waals surface area (Å²) in [4.78, 5) is 23.5. The lowest BCUT2D eigenvalue weighted by atomic mass is 10.2. The molecule has 25 heavy (non-hydrogen) atoms. The standard InChI is InChI=1S/C17H16Cl3N3O2/c1-2-16(24)22-11-5-3-4-10(6-11)21-9-17(25)23-15-8-13(19)12(18)7-14(15)20/h3-8,21H,2,9H2,1H3,(H,22,24)(H,23,25). The van der Waals surface area contributed by atoms with E-state index in [0.717, 1.165) is 0 Å². The molecule has 0 aromatic heterocycles. The van der Waals surface area contributed by atoms with E-state index in [9.17, 15) is 9.59 Å². The third-order valence-corrected chi connectivity index (χ3v) is 4.24. The van der Waals surface area contributed by atoms with Crippen LogP contribution in [0.3, 0.4) is 0 Å². The van der Waals surface area contributed by atoms with Crippen molar-refractivity contribution in [2.45, 2.75) is 13.3 Å². The van der Waals surface area contributed by atoms with Crippen molar-refractivity contribution in [1.82, 2.24) is 0 Å². The molecule has 2 aromatic carbocycles. The summed E-state index contributed by atoms with van der Waals surface area (Å²) in [5.74, 6) is -0.382. The molecular weight excluding hydrogens is 385 g/mol. The summed E-state index contributed by atoms with van der Waals surface area (Å²) in [5.41, 5.74) is 1.74. The number of hydrogen-bond donors (Lipinski definition) is 3. The van der Waals surface area contributed by atoms with E-state index in [2.05, 4.69) is 16.0 Å². The first-order valence-corrected chi connectivity index (χ1v) is 8.60. The van der Waals surface area contributed by atoms with Crippen LogP contribution in [-0.4, -0.2) is 18.4 Å². The van der Waals surface area contributed by atoms with Crippen LogP contribution in [0.25, 0.3) is 0 Å². The highest BCUT2D eigenvalue weighted by Crippen LogP contribution is 2.32. The molecule has 132 valence electrons. The first kappa shape index (κ1) is 19.4. The van der Waals surface area contributed by atoms with Crippen LogP contribution in [0.5, 0.6) is 0 Å². The number of amides is 2. The summed E-state index contributed by atoms with van der Waals surface area (Å²) >= 11 is 17.8. The smallest absolute Gasteiger partial charge is 0.243 e. The molecule has 8 heteroatoms. The maximum absolute atomic E-state index is 12.1. The van der Waals surface area contributed by atoms with Crippen LogP contribution in [0.15, 0.2) is 36.4 Å². The van der Waals surface area contributed by atoms with E-state index in [0.29, 0.717) is 38.6 Å². The van der Waals surface area contributed by atoms with Gasteiger partial charge in [0.15, 0.2) is 0 Å². The second-order valence-electron chi connectivity index (χ2n) is 5.13.